The van der Waals surface area contributed by atoms with Crippen LogP contribution in [0.25, 0.3) is 5.70 Å². The van der Waals surface area contributed by atoms with Gasteiger partial charge in [-0.3, -0.25) is 10.1 Å². The van der Waals surface area contributed by atoms with Crippen LogP contribution in [0.5, 0.6) is 0 Å². The van der Waals surface area contributed by atoms with Gasteiger partial charge < -0.3 is 10.0 Å². The molecular formula is C17H19ClN4O. The maximum absolute atomic E-state index is 10.3. The molecule has 0 bridgehead atoms. The van der Waals surface area contributed by atoms with Crippen LogP contribution in [0.2, 0.25) is 5.02 Å². The van der Waals surface area contributed by atoms with Crippen molar-refractivity contribution in [2.45, 2.75) is 25.6 Å². The summed E-state index contributed by atoms with van der Waals surface area (Å²) in [5.41, 5.74) is 2.02. The smallest absolute Gasteiger partial charge is 0.163 e. The number of allylic oxidation sites excluding steroid dienone is 1. The van der Waals surface area contributed by atoms with Gasteiger partial charge in [-0.1, -0.05) is 23.7 Å². The number of nitrogens with zero attached hydrogens (tertiary/aromatic N) is 3. The van der Waals surface area contributed by atoms with Crippen LogP contribution in [0.4, 0.5) is 0 Å². The summed E-state index contributed by atoms with van der Waals surface area (Å²) in [7, 11) is 0. The van der Waals surface area contributed by atoms with Gasteiger partial charge in [0.05, 0.1) is 11.3 Å². The fourth-order valence-corrected chi connectivity index (χ4v) is 2.76. The number of aromatic amines is 1. The quantitative estimate of drug-likeness (QED) is 0.904. The van der Waals surface area contributed by atoms with E-state index in [2.05, 4.69) is 20.1 Å². The molecule has 0 saturated heterocycles. The molecule has 23 heavy (non-hydrogen) atoms. The fraction of sp³-hybridized carbons (Fsp3) is 0.294. The molecule has 1 atom stereocenters. The van der Waals surface area contributed by atoms with E-state index in [-0.39, 0.29) is 6.17 Å². The van der Waals surface area contributed by atoms with Crippen LogP contribution in [0.3, 0.4) is 0 Å². The Balaban J connectivity index is 2.00. The van der Waals surface area contributed by atoms with Crippen LogP contribution in [0.1, 0.15) is 31.3 Å². The molecule has 120 valence electrons. The topological polar surface area (TPSA) is 64.5 Å². The maximum Gasteiger partial charge on any atom is 0.163 e. The van der Waals surface area contributed by atoms with Gasteiger partial charge in [-0.2, -0.15) is 5.10 Å². The monoisotopic (exact) mass is 330 g/mol. The van der Waals surface area contributed by atoms with Gasteiger partial charge in [0.2, 0.25) is 0 Å². The van der Waals surface area contributed by atoms with E-state index < -0.39 is 5.60 Å². The van der Waals surface area contributed by atoms with E-state index in [1.807, 2.05) is 36.4 Å². The Morgan fingerprint density at radius 3 is 2.61 bits per heavy atom. The molecule has 0 spiro atoms. The molecule has 2 heterocycles. The van der Waals surface area contributed by atoms with E-state index in [9.17, 15) is 5.11 Å². The minimum atomic E-state index is -0.864. The van der Waals surface area contributed by atoms with E-state index in [1.54, 1.807) is 26.3 Å². The second-order valence-electron chi connectivity index (χ2n) is 6.18. The first-order valence-electron chi connectivity index (χ1n) is 7.42. The Morgan fingerprint density at radius 2 is 2.00 bits per heavy atom. The molecule has 1 aliphatic heterocycles. The van der Waals surface area contributed by atoms with Crippen molar-refractivity contribution in [1.82, 2.24) is 15.1 Å². The summed E-state index contributed by atoms with van der Waals surface area (Å²) in [5.74, 6) is 0. The number of aliphatic hydroxyl groups is 1. The molecule has 0 aliphatic carbocycles. The number of aliphatic imine (C=N–C) groups is 1. The van der Waals surface area contributed by atoms with Crippen LogP contribution >= 0.6 is 11.6 Å². The normalized spacial score (nSPS) is 18.2. The van der Waals surface area contributed by atoms with Crippen molar-refractivity contribution in [3.8, 4) is 0 Å². The number of β-amino-alcohol motifs (C(OH)–C–C–N with tert-alkyl or cyclic N) is 1. The molecule has 2 aromatic rings. The summed E-state index contributed by atoms with van der Waals surface area (Å²) in [6, 6.07) is 9.54. The predicted molar refractivity (Wildman–Crippen MR) is 92.3 cm³/mol. The lowest BCUT2D eigenvalue weighted by atomic mass is 10.0. The second-order valence-corrected chi connectivity index (χ2v) is 6.62. The zero-order valence-corrected chi connectivity index (χ0v) is 13.8. The highest BCUT2D eigenvalue weighted by Gasteiger charge is 2.30. The first-order valence-corrected chi connectivity index (χ1v) is 7.79. The fourth-order valence-electron chi connectivity index (χ4n) is 2.63. The molecular weight excluding hydrogens is 312 g/mol. The lowest BCUT2D eigenvalue weighted by Crippen LogP contribution is -2.40. The van der Waals surface area contributed by atoms with Crippen LogP contribution < -0.4 is 0 Å². The molecule has 6 heteroatoms. The lowest BCUT2D eigenvalue weighted by Gasteiger charge is -2.38. The van der Waals surface area contributed by atoms with Crippen molar-refractivity contribution in [1.29, 1.82) is 0 Å². The predicted octanol–water partition coefficient (Wildman–Crippen LogP) is 3.26. The van der Waals surface area contributed by atoms with Crippen molar-refractivity contribution in [3.63, 3.8) is 0 Å². The Kier molecular flexibility index (Phi) is 4.24. The highest BCUT2D eigenvalue weighted by atomic mass is 35.5. The maximum atomic E-state index is 10.3. The van der Waals surface area contributed by atoms with Gasteiger partial charge in [0.15, 0.2) is 6.17 Å². The molecule has 0 saturated carbocycles. The molecule has 1 aromatic heterocycles. The number of hydrogen-bond acceptors (Lipinski definition) is 4. The number of rotatable bonds is 4. The highest BCUT2D eigenvalue weighted by molar-refractivity contribution is 6.30. The van der Waals surface area contributed by atoms with Gasteiger partial charge >= 0.3 is 0 Å². The summed E-state index contributed by atoms with van der Waals surface area (Å²) in [6.45, 7) is 4.01. The summed E-state index contributed by atoms with van der Waals surface area (Å²) >= 11 is 5.99. The molecule has 0 fully saturated rings. The highest BCUT2D eigenvalue weighted by Crippen LogP contribution is 2.34. The molecule has 1 aliphatic rings. The molecule has 5 nitrogen and oxygen atoms in total. The Bertz CT molecular complexity index is 714. The van der Waals surface area contributed by atoms with Gasteiger partial charge in [-0.05, 0) is 43.7 Å². The summed E-state index contributed by atoms with van der Waals surface area (Å²) < 4.78 is 0. The van der Waals surface area contributed by atoms with Crippen LogP contribution in [0, 0.1) is 0 Å². The molecule has 1 unspecified atom stereocenters. The average molecular weight is 331 g/mol. The number of H-pyrrole nitrogens is 1. The van der Waals surface area contributed by atoms with E-state index >= 15 is 0 Å². The Labute approximate surface area is 140 Å². The third kappa shape index (κ3) is 3.63. The second kappa shape index (κ2) is 6.18. The van der Waals surface area contributed by atoms with Gasteiger partial charge in [0, 0.05) is 29.7 Å². The molecule has 0 amide bonds. The molecule has 1 aromatic carbocycles. The Hall–Kier alpha value is -2.11. The van der Waals surface area contributed by atoms with Crippen LogP contribution in [-0.4, -0.2) is 38.6 Å². The van der Waals surface area contributed by atoms with Crippen LogP contribution in [0.15, 0.2) is 47.6 Å². The van der Waals surface area contributed by atoms with Crippen molar-refractivity contribution in [2.75, 3.05) is 6.54 Å². The minimum absolute atomic E-state index is 0.250. The van der Waals surface area contributed by atoms with Crippen molar-refractivity contribution < 1.29 is 5.11 Å². The molecule has 3 rings (SSSR count). The first-order chi connectivity index (χ1) is 10.9. The number of aromatic nitrogens is 2. The van der Waals surface area contributed by atoms with Gasteiger partial charge in [-0.15, -0.1) is 0 Å². The summed E-state index contributed by atoms with van der Waals surface area (Å²) in [6.07, 6.45) is 5.19. The molecule has 2 N–H and O–H groups in total. The zero-order chi connectivity index (χ0) is 16.4. The van der Waals surface area contributed by atoms with E-state index in [4.69, 9.17) is 11.6 Å². The standard InChI is InChI=1S/C17H19ClN4O/c1-17(2,23)11-22-15(12-3-5-13(18)6-4-12)8-9-19-16(22)14-7-10-20-21-14/h3-10,16,23H,11H2,1-2H3,(H,20,21). The van der Waals surface area contributed by atoms with E-state index in [0.717, 1.165) is 17.0 Å². The third-order valence-corrected chi connectivity index (χ3v) is 3.81. The van der Waals surface area contributed by atoms with Crippen LogP contribution in [-0.2, 0) is 0 Å². The van der Waals surface area contributed by atoms with Gasteiger partial charge in [-0.25, -0.2) is 0 Å². The third-order valence-electron chi connectivity index (χ3n) is 3.56. The average Bonchev–Trinajstić information content (AvgIpc) is 3.01. The number of hydrogen-bond donors (Lipinski definition) is 2. The number of nitrogens with one attached hydrogen (secondary N) is 1. The Morgan fingerprint density at radius 1 is 1.26 bits per heavy atom. The van der Waals surface area contributed by atoms with E-state index in [0.29, 0.717) is 11.6 Å². The zero-order valence-electron chi connectivity index (χ0n) is 13.1. The summed E-state index contributed by atoms with van der Waals surface area (Å²) in [4.78, 5) is 6.61. The van der Waals surface area contributed by atoms with Gasteiger partial charge in [0.1, 0.15) is 0 Å². The minimum Gasteiger partial charge on any atom is -0.389 e. The molecule has 0 radical (unpaired) electrons. The van der Waals surface area contributed by atoms with E-state index in [1.165, 1.54) is 0 Å². The van der Waals surface area contributed by atoms with Crippen molar-refractivity contribution in [2.24, 2.45) is 4.99 Å². The number of halogens is 1. The van der Waals surface area contributed by atoms with Crippen molar-refractivity contribution >= 4 is 23.5 Å². The first kappa shape index (κ1) is 15.8. The van der Waals surface area contributed by atoms with Crippen molar-refractivity contribution in [3.05, 3.63) is 58.9 Å². The van der Waals surface area contributed by atoms with Gasteiger partial charge in [0.25, 0.3) is 0 Å². The summed E-state index contributed by atoms with van der Waals surface area (Å²) in [5, 5.41) is 18.0. The lowest BCUT2D eigenvalue weighted by molar-refractivity contribution is 0.0427. The SMILES string of the molecule is CC(C)(O)CN1C(c2ccc(Cl)cc2)=CC=NC1c1ccn[nH]1. The number of benzene rings is 1. The largest absolute Gasteiger partial charge is 0.389 e.